The highest BCUT2D eigenvalue weighted by molar-refractivity contribution is 5.93. The lowest BCUT2D eigenvalue weighted by atomic mass is 10.2. The maximum absolute atomic E-state index is 11.8. The summed E-state index contributed by atoms with van der Waals surface area (Å²) in [6.07, 6.45) is 1.47. The first-order valence-electron chi connectivity index (χ1n) is 6.60. The Bertz CT molecular complexity index is 485. The molecule has 0 fully saturated rings. The van der Waals surface area contributed by atoms with Gasteiger partial charge in [-0.15, -0.1) is 0 Å². The van der Waals surface area contributed by atoms with E-state index in [9.17, 15) is 9.59 Å². The molecule has 0 aromatic carbocycles. The Morgan fingerprint density at radius 1 is 1.14 bits per heavy atom. The van der Waals surface area contributed by atoms with Crippen molar-refractivity contribution in [2.75, 3.05) is 52.7 Å². The maximum Gasteiger partial charge on any atom is 0.323 e. The summed E-state index contributed by atoms with van der Waals surface area (Å²) in [4.78, 5) is 32.1. The molecule has 1 aromatic rings. The minimum Gasteiger partial charge on any atom is -0.480 e. The van der Waals surface area contributed by atoms with Crippen molar-refractivity contribution < 1.29 is 14.7 Å². The predicted octanol–water partition coefficient (Wildman–Crippen LogP) is 0.236. The highest BCUT2D eigenvalue weighted by atomic mass is 16.4. The molecule has 0 bridgehead atoms. The molecule has 1 aromatic heterocycles. The van der Waals surface area contributed by atoms with E-state index in [4.69, 9.17) is 5.11 Å². The van der Waals surface area contributed by atoms with Crippen molar-refractivity contribution in [2.45, 2.75) is 0 Å². The average molecular weight is 294 g/mol. The molecule has 0 aliphatic heterocycles. The summed E-state index contributed by atoms with van der Waals surface area (Å²) >= 11 is 0. The number of aliphatic carboxylic acids is 1. The monoisotopic (exact) mass is 294 g/mol. The van der Waals surface area contributed by atoms with Gasteiger partial charge in [0.1, 0.15) is 12.4 Å². The fraction of sp³-hybridized carbons (Fsp3) is 0.500. The van der Waals surface area contributed by atoms with Crippen molar-refractivity contribution in [1.82, 2.24) is 14.8 Å². The van der Waals surface area contributed by atoms with Crippen molar-refractivity contribution >= 4 is 17.7 Å². The van der Waals surface area contributed by atoms with E-state index in [1.807, 2.05) is 19.0 Å². The molecular weight excluding hydrogens is 272 g/mol. The zero-order valence-electron chi connectivity index (χ0n) is 12.9. The molecule has 21 heavy (non-hydrogen) atoms. The summed E-state index contributed by atoms with van der Waals surface area (Å²) in [5.41, 5.74) is 0.478. The van der Waals surface area contributed by atoms with Crippen molar-refractivity contribution in [2.24, 2.45) is 0 Å². The third-order valence-corrected chi connectivity index (χ3v) is 2.87. The normalized spacial score (nSPS) is 10.5. The van der Waals surface area contributed by atoms with Crippen molar-refractivity contribution in [3.05, 3.63) is 23.9 Å². The van der Waals surface area contributed by atoms with Crippen LogP contribution in [0.3, 0.4) is 0 Å². The lowest BCUT2D eigenvalue weighted by molar-refractivity contribution is -0.135. The van der Waals surface area contributed by atoms with Crippen LogP contribution in [0.1, 0.15) is 10.4 Å². The van der Waals surface area contributed by atoms with Crippen LogP contribution in [0.2, 0.25) is 0 Å². The van der Waals surface area contributed by atoms with E-state index in [1.165, 1.54) is 11.1 Å². The molecule has 0 spiro atoms. The van der Waals surface area contributed by atoms with Gasteiger partial charge in [-0.2, -0.15) is 0 Å². The van der Waals surface area contributed by atoms with Gasteiger partial charge in [0.15, 0.2) is 0 Å². The Labute approximate surface area is 124 Å². The fourth-order valence-corrected chi connectivity index (χ4v) is 1.72. The average Bonchev–Trinajstić information content (AvgIpc) is 2.42. The highest BCUT2D eigenvalue weighted by Gasteiger charge is 2.14. The van der Waals surface area contributed by atoms with Gasteiger partial charge < -0.3 is 19.8 Å². The number of likely N-dealkylation sites (N-methyl/N-ethyl adjacent to an activating group) is 1. The number of hydrogen-bond acceptors (Lipinski definition) is 5. The van der Waals surface area contributed by atoms with Gasteiger partial charge >= 0.3 is 5.97 Å². The van der Waals surface area contributed by atoms with Crippen molar-refractivity contribution in [3.8, 4) is 0 Å². The molecule has 0 aliphatic carbocycles. The number of hydrogen-bond donors (Lipinski definition) is 1. The standard InChI is InChI=1S/C14H22N4O3/c1-16(2)7-8-18(10-13(19)20)12-6-5-11(9-15-12)14(21)17(3)4/h5-6,9H,7-8,10H2,1-4H3,(H,19,20). The molecule has 0 unspecified atom stereocenters. The Hall–Kier alpha value is -2.15. The molecule has 0 saturated carbocycles. The number of amides is 1. The van der Waals surface area contributed by atoms with E-state index in [-0.39, 0.29) is 12.5 Å². The quantitative estimate of drug-likeness (QED) is 0.776. The second-order valence-corrected chi connectivity index (χ2v) is 5.22. The summed E-state index contributed by atoms with van der Waals surface area (Å²) < 4.78 is 0. The predicted molar refractivity (Wildman–Crippen MR) is 80.7 cm³/mol. The molecule has 1 amide bonds. The van der Waals surface area contributed by atoms with Gasteiger partial charge in [0.2, 0.25) is 0 Å². The van der Waals surface area contributed by atoms with Crippen LogP contribution >= 0.6 is 0 Å². The summed E-state index contributed by atoms with van der Waals surface area (Å²) in [5.74, 6) is -0.495. The molecule has 0 aliphatic rings. The fourth-order valence-electron chi connectivity index (χ4n) is 1.72. The Morgan fingerprint density at radius 2 is 1.81 bits per heavy atom. The summed E-state index contributed by atoms with van der Waals surface area (Å²) in [7, 11) is 7.19. The van der Waals surface area contributed by atoms with Crippen molar-refractivity contribution in [3.63, 3.8) is 0 Å². The van der Waals surface area contributed by atoms with Gasteiger partial charge in [0.25, 0.3) is 5.91 Å². The van der Waals surface area contributed by atoms with Crippen LogP contribution in [0.25, 0.3) is 0 Å². The van der Waals surface area contributed by atoms with Gasteiger partial charge in [0.05, 0.1) is 5.56 Å². The van der Waals surface area contributed by atoms with Gasteiger partial charge in [-0.05, 0) is 26.2 Å². The van der Waals surface area contributed by atoms with Crippen LogP contribution in [0, 0.1) is 0 Å². The third kappa shape index (κ3) is 5.39. The summed E-state index contributed by atoms with van der Waals surface area (Å²) in [6, 6.07) is 3.34. The van der Waals surface area contributed by atoms with Gasteiger partial charge in [-0.25, -0.2) is 4.98 Å². The zero-order valence-corrected chi connectivity index (χ0v) is 12.9. The zero-order chi connectivity index (χ0) is 16.0. The number of carboxylic acid groups (broad SMARTS) is 1. The molecule has 116 valence electrons. The molecule has 1 heterocycles. The number of carboxylic acids is 1. The summed E-state index contributed by atoms with van der Waals surface area (Å²) in [5, 5.41) is 8.98. The van der Waals surface area contributed by atoms with Crippen LogP contribution in [0.4, 0.5) is 5.82 Å². The smallest absolute Gasteiger partial charge is 0.323 e. The number of nitrogens with zero attached hydrogens (tertiary/aromatic N) is 4. The number of aromatic nitrogens is 1. The van der Waals surface area contributed by atoms with Crippen molar-refractivity contribution in [1.29, 1.82) is 0 Å². The van der Waals surface area contributed by atoms with Crippen LogP contribution in [-0.4, -0.2) is 79.6 Å². The van der Waals surface area contributed by atoms with E-state index in [2.05, 4.69) is 4.98 Å². The Kier molecular flexibility index (Phi) is 6.10. The number of rotatable bonds is 7. The molecule has 7 heteroatoms. The number of anilines is 1. The second kappa shape index (κ2) is 7.58. The van der Waals surface area contributed by atoms with E-state index in [0.717, 1.165) is 0 Å². The van der Waals surface area contributed by atoms with E-state index < -0.39 is 5.97 Å². The second-order valence-electron chi connectivity index (χ2n) is 5.22. The first kappa shape index (κ1) is 16.9. The van der Waals surface area contributed by atoms with E-state index in [1.54, 1.807) is 31.1 Å². The van der Waals surface area contributed by atoms with E-state index in [0.29, 0.717) is 24.5 Å². The lowest BCUT2D eigenvalue weighted by Crippen LogP contribution is -2.36. The topological polar surface area (TPSA) is 77.0 Å². The van der Waals surface area contributed by atoms with Gasteiger partial charge in [-0.1, -0.05) is 0 Å². The minimum atomic E-state index is -0.913. The molecule has 0 saturated heterocycles. The Balaban J connectivity index is 2.87. The third-order valence-electron chi connectivity index (χ3n) is 2.87. The van der Waals surface area contributed by atoms with Gasteiger partial charge in [0, 0.05) is 33.4 Å². The minimum absolute atomic E-state index is 0.123. The number of carbonyl (C=O) groups is 2. The highest BCUT2D eigenvalue weighted by Crippen LogP contribution is 2.12. The first-order chi connectivity index (χ1) is 9.81. The molecular formula is C14H22N4O3. The first-order valence-corrected chi connectivity index (χ1v) is 6.60. The SMILES string of the molecule is CN(C)CCN(CC(=O)O)c1ccc(C(=O)N(C)C)cn1. The van der Waals surface area contributed by atoms with E-state index >= 15 is 0 Å². The number of carbonyl (C=O) groups excluding carboxylic acids is 1. The summed E-state index contributed by atoms with van der Waals surface area (Å²) in [6.45, 7) is 1.14. The van der Waals surface area contributed by atoms with Crippen LogP contribution < -0.4 is 4.90 Å². The van der Waals surface area contributed by atoms with Crippen LogP contribution in [-0.2, 0) is 4.79 Å². The maximum atomic E-state index is 11.8. The molecule has 1 N–H and O–H groups in total. The van der Waals surface area contributed by atoms with Gasteiger partial charge in [-0.3, -0.25) is 9.59 Å². The molecule has 1 rings (SSSR count). The lowest BCUT2D eigenvalue weighted by Gasteiger charge is -2.23. The Morgan fingerprint density at radius 3 is 2.24 bits per heavy atom. The van der Waals surface area contributed by atoms with Crippen LogP contribution in [0.15, 0.2) is 18.3 Å². The molecule has 0 atom stereocenters. The molecule has 7 nitrogen and oxygen atoms in total. The molecule has 0 radical (unpaired) electrons. The number of pyridine rings is 1. The largest absolute Gasteiger partial charge is 0.480 e. The van der Waals surface area contributed by atoms with Crippen LogP contribution in [0.5, 0.6) is 0 Å².